The number of rotatable bonds is 6. The second kappa shape index (κ2) is 8.51. The highest BCUT2D eigenvalue weighted by atomic mass is 35.5. The molecule has 4 rings (SSSR count). The van der Waals surface area contributed by atoms with E-state index in [0.29, 0.717) is 11.2 Å². The molecule has 2 aromatic heterocycles. The van der Waals surface area contributed by atoms with Gasteiger partial charge in [0, 0.05) is 6.04 Å². The van der Waals surface area contributed by atoms with Crippen molar-refractivity contribution in [3.63, 3.8) is 0 Å². The lowest BCUT2D eigenvalue weighted by Gasteiger charge is -2.36. The number of hydrogen-bond acceptors (Lipinski definition) is 10. The number of esters is 1. The molecule has 12 nitrogen and oxygen atoms in total. The summed E-state index contributed by atoms with van der Waals surface area (Å²) in [4.78, 5) is 23.0. The van der Waals surface area contributed by atoms with E-state index in [9.17, 15) is 9.36 Å². The lowest BCUT2D eigenvalue weighted by molar-refractivity contribution is -0.147. The number of hydrogen-bond donors (Lipinski definition) is 2. The van der Waals surface area contributed by atoms with Gasteiger partial charge in [-0.1, -0.05) is 13.8 Å². The van der Waals surface area contributed by atoms with Crippen molar-refractivity contribution in [3.8, 4) is 0 Å². The Labute approximate surface area is 189 Å². The van der Waals surface area contributed by atoms with E-state index in [1.165, 1.54) is 12.7 Å². The standard InChI is InChI=1S/C18H26ClN6O6P/c1-9(2)16(26)28-5-10(3)24-32(27)29-6-11-13(31-32)18(4,19)17(30-11)25-8-23-12-14(20)21-7-22-15(12)25/h7-11,13,17H,5-6H2,1-4H3,(H,24,27)(H2,20,21,22)/t10-,11+,13+,17+,18+,32?/m0/s1. The average molecular weight is 489 g/mol. The van der Waals surface area contributed by atoms with E-state index < -0.39 is 37.1 Å². The van der Waals surface area contributed by atoms with Gasteiger partial charge in [0.15, 0.2) is 17.7 Å². The summed E-state index contributed by atoms with van der Waals surface area (Å²) >= 11 is 6.89. The van der Waals surface area contributed by atoms with Gasteiger partial charge in [0.1, 0.15) is 35.5 Å². The van der Waals surface area contributed by atoms with Crippen LogP contribution in [0, 0.1) is 5.92 Å². The second-order valence-corrected chi connectivity index (χ2v) is 10.9. The summed E-state index contributed by atoms with van der Waals surface area (Å²) in [5.74, 6) is -0.369. The van der Waals surface area contributed by atoms with E-state index in [1.54, 1.807) is 32.3 Å². The predicted molar refractivity (Wildman–Crippen MR) is 115 cm³/mol. The molecule has 2 aliphatic heterocycles. The van der Waals surface area contributed by atoms with Gasteiger partial charge in [0.25, 0.3) is 0 Å². The molecule has 0 aromatic carbocycles. The van der Waals surface area contributed by atoms with E-state index in [2.05, 4.69) is 20.0 Å². The SMILES string of the molecule is CC(C)C(=O)OC[C@H](C)NP1(=O)OC[C@H]2O[C@@H](n3cnc4c(N)ncnc43)[C@](C)(Cl)[C@@H]2O1. The minimum Gasteiger partial charge on any atom is -0.464 e. The summed E-state index contributed by atoms with van der Waals surface area (Å²) in [7, 11) is -3.74. The quantitative estimate of drug-likeness (QED) is 0.348. The van der Waals surface area contributed by atoms with E-state index in [1.807, 2.05) is 0 Å². The fourth-order valence-electron chi connectivity index (χ4n) is 3.65. The molecule has 0 spiro atoms. The minimum atomic E-state index is -3.74. The highest BCUT2D eigenvalue weighted by Crippen LogP contribution is 2.57. The Morgan fingerprint density at radius 3 is 2.91 bits per heavy atom. The maximum absolute atomic E-state index is 13.2. The zero-order chi connectivity index (χ0) is 23.3. The molecule has 0 amide bonds. The summed E-state index contributed by atoms with van der Waals surface area (Å²) in [5, 5.41) is 2.79. The van der Waals surface area contributed by atoms with E-state index in [4.69, 9.17) is 35.9 Å². The number of nitrogen functional groups attached to an aromatic ring is 1. The van der Waals surface area contributed by atoms with Gasteiger partial charge in [-0.2, -0.15) is 0 Å². The van der Waals surface area contributed by atoms with Gasteiger partial charge in [-0.25, -0.2) is 24.6 Å². The summed E-state index contributed by atoms with van der Waals surface area (Å²) in [5.41, 5.74) is 6.75. The molecule has 14 heteroatoms. The third kappa shape index (κ3) is 4.23. The van der Waals surface area contributed by atoms with E-state index in [-0.39, 0.29) is 30.9 Å². The zero-order valence-electron chi connectivity index (χ0n) is 18.1. The number of nitrogens with one attached hydrogen (secondary N) is 1. The van der Waals surface area contributed by atoms with Crippen LogP contribution in [-0.2, 0) is 27.9 Å². The van der Waals surface area contributed by atoms with Gasteiger partial charge in [0.2, 0.25) is 0 Å². The van der Waals surface area contributed by atoms with Crippen LogP contribution in [0.3, 0.4) is 0 Å². The van der Waals surface area contributed by atoms with Crippen molar-refractivity contribution in [1.82, 2.24) is 24.6 Å². The maximum atomic E-state index is 13.2. The lowest BCUT2D eigenvalue weighted by atomic mass is 10.0. The third-order valence-electron chi connectivity index (χ3n) is 5.31. The number of imidazole rings is 1. The lowest BCUT2D eigenvalue weighted by Crippen LogP contribution is -2.46. The van der Waals surface area contributed by atoms with Crippen LogP contribution in [-0.4, -0.2) is 61.8 Å². The first-order chi connectivity index (χ1) is 15.0. The van der Waals surface area contributed by atoms with Crippen molar-refractivity contribution in [2.75, 3.05) is 18.9 Å². The molecule has 0 saturated carbocycles. The zero-order valence-corrected chi connectivity index (χ0v) is 19.7. The van der Waals surface area contributed by atoms with Gasteiger partial charge < -0.3 is 15.2 Å². The maximum Gasteiger partial charge on any atom is 0.406 e. The Balaban J connectivity index is 1.49. The number of anilines is 1. The molecule has 2 fully saturated rings. The Bertz CT molecular complexity index is 1060. The molecule has 0 bridgehead atoms. The Morgan fingerprint density at radius 1 is 1.44 bits per heavy atom. The second-order valence-electron chi connectivity index (χ2n) is 8.40. The van der Waals surface area contributed by atoms with Crippen LogP contribution in [0.4, 0.5) is 5.82 Å². The molecule has 6 atom stereocenters. The van der Waals surface area contributed by atoms with Crippen molar-refractivity contribution in [2.45, 2.75) is 57.0 Å². The highest BCUT2D eigenvalue weighted by Gasteiger charge is 2.59. The largest absolute Gasteiger partial charge is 0.464 e. The van der Waals surface area contributed by atoms with Gasteiger partial charge in [-0.05, 0) is 13.8 Å². The number of nitrogens with zero attached hydrogens (tertiary/aromatic N) is 4. The van der Waals surface area contributed by atoms with Crippen LogP contribution >= 0.6 is 19.3 Å². The van der Waals surface area contributed by atoms with Crippen molar-refractivity contribution < 1.29 is 27.9 Å². The number of fused-ring (bicyclic) bond motifs is 2. The Morgan fingerprint density at radius 2 is 2.19 bits per heavy atom. The monoisotopic (exact) mass is 488 g/mol. The summed E-state index contributed by atoms with van der Waals surface area (Å²) in [6, 6.07) is -0.475. The van der Waals surface area contributed by atoms with Crippen LogP contribution in [0.1, 0.15) is 33.9 Å². The molecule has 2 saturated heterocycles. The van der Waals surface area contributed by atoms with Gasteiger partial charge in [-0.3, -0.25) is 18.4 Å². The minimum absolute atomic E-state index is 0.00396. The van der Waals surface area contributed by atoms with E-state index >= 15 is 0 Å². The average Bonchev–Trinajstić information content (AvgIpc) is 3.25. The third-order valence-corrected chi connectivity index (χ3v) is 7.46. The van der Waals surface area contributed by atoms with Crippen molar-refractivity contribution in [1.29, 1.82) is 0 Å². The molecule has 4 heterocycles. The first kappa shape index (κ1) is 23.3. The number of carbonyl (C=O) groups is 1. The fraction of sp³-hybridized carbons (Fsp3) is 0.667. The molecule has 0 aliphatic carbocycles. The number of ether oxygens (including phenoxy) is 2. The number of alkyl halides is 1. The first-order valence-electron chi connectivity index (χ1n) is 10.2. The Kier molecular flexibility index (Phi) is 6.21. The number of carbonyl (C=O) groups excluding carboxylic acids is 1. The molecular formula is C18H26ClN6O6P. The smallest absolute Gasteiger partial charge is 0.406 e. The highest BCUT2D eigenvalue weighted by molar-refractivity contribution is 7.51. The number of nitrogens with two attached hydrogens (primary N) is 1. The van der Waals surface area contributed by atoms with Crippen molar-refractivity contribution in [2.24, 2.45) is 5.92 Å². The van der Waals surface area contributed by atoms with Gasteiger partial charge in [-0.15, -0.1) is 11.6 Å². The summed E-state index contributed by atoms with van der Waals surface area (Å²) < 4.78 is 37.5. The molecule has 0 radical (unpaired) electrons. The molecule has 2 aliphatic rings. The predicted octanol–water partition coefficient (Wildman–Crippen LogP) is 2.00. The van der Waals surface area contributed by atoms with Gasteiger partial charge >= 0.3 is 13.7 Å². The molecule has 1 unspecified atom stereocenters. The molecular weight excluding hydrogens is 463 g/mol. The molecule has 32 heavy (non-hydrogen) atoms. The van der Waals surface area contributed by atoms with Crippen LogP contribution in [0.25, 0.3) is 11.2 Å². The van der Waals surface area contributed by atoms with E-state index in [0.717, 1.165) is 0 Å². The van der Waals surface area contributed by atoms with Crippen LogP contribution in [0.2, 0.25) is 0 Å². The van der Waals surface area contributed by atoms with Crippen molar-refractivity contribution >= 4 is 42.3 Å². The van der Waals surface area contributed by atoms with Crippen LogP contribution in [0.5, 0.6) is 0 Å². The Hall–Kier alpha value is -1.82. The van der Waals surface area contributed by atoms with Crippen molar-refractivity contribution in [3.05, 3.63) is 12.7 Å². The van der Waals surface area contributed by atoms with Crippen LogP contribution < -0.4 is 10.8 Å². The fourth-order valence-corrected chi connectivity index (χ4v) is 5.86. The first-order valence-corrected chi connectivity index (χ1v) is 12.1. The normalized spacial score (nSPS) is 33.4. The topological polar surface area (TPSA) is 153 Å². The molecule has 3 N–H and O–H groups in total. The number of halogens is 1. The summed E-state index contributed by atoms with van der Waals surface area (Å²) in [6.45, 7) is 6.91. The molecule has 2 aromatic rings. The molecule has 176 valence electrons. The summed E-state index contributed by atoms with van der Waals surface area (Å²) in [6.07, 6.45) is 0.773. The van der Waals surface area contributed by atoms with Gasteiger partial charge in [0.05, 0.1) is 18.9 Å². The number of aromatic nitrogens is 4. The van der Waals surface area contributed by atoms with Crippen LogP contribution in [0.15, 0.2) is 12.7 Å².